The molecule has 1 atom stereocenters. The van der Waals surface area contributed by atoms with Gasteiger partial charge in [0, 0.05) is 19.1 Å². The number of ether oxygens (including phenoxy) is 1. The smallest absolute Gasteiger partial charge is 0.414 e. The van der Waals surface area contributed by atoms with Gasteiger partial charge < -0.3 is 15.0 Å². The van der Waals surface area contributed by atoms with Gasteiger partial charge in [-0.15, -0.1) is 0 Å². The highest BCUT2D eigenvalue weighted by Crippen LogP contribution is 2.32. The average Bonchev–Trinajstić information content (AvgIpc) is 2.98. The topological polar surface area (TPSA) is 61.9 Å². The van der Waals surface area contributed by atoms with Crippen LogP contribution in [0.25, 0.3) is 0 Å². The summed E-state index contributed by atoms with van der Waals surface area (Å²) in [6, 6.07) is 4.37. The zero-order valence-electron chi connectivity index (χ0n) is 14.7. The van der Waals surface area contributed by atoms with Crippen molar-refractivity contribution in [1.29, 1.82) is 0 Å². The molecule has 26 heavy (non-hydrogen) atoms. The summed E-state index contributed by atoms with van der Waals surface area (Å²) in [6.45, 7) is 1.16. The number of amides is 3. The molecule has 0 aromatic heterocycles. The molecule has 1 saturated heterocycles. The molecule has 2 fully saturated rings. The molecule has 0 bridgehead atoms. The number of carbonyl (C=O) groups is 2. The lowest BCUT2D eigenvalue weighted by Crippen LogP contribution is -2.48. The third-order valence-electron chi connectivity index (χ3n) is 5.58. The molecule has 1 N–H and O–H groups in total. The number of urea groups is 1. The highest BCUT2D eigenvalue weighted by Gasteiger charge is 2.38. The van der Waals surface area contributed by atoms with Crippen LogP contribution in [0.3, 0.4) is 0 Å². The van der Waals surface area contributed by atoms with Gasteiger partial charge >= 0.3 is 12.1 Å². The summed E-state index contributed by atoms with van der Waals surface area (Å²) in [7, 11) is 0. The fraction of sp³-hybridized carbons (Fsp3) is 0.579. The van der Waals surface area contributed by atoms with Crippen LogP contribution in [-0.4, -0.2) is 42.3 Å². The van der Waals surface area contributed by atoms with Gasteiger partial charge in [0.05, 0.1) is 11.7 Å². The van der Waals surface area contributed by atoms with E-state index >= 15 is 0 Å². The van der Waals surface area contributed by atoms with Crippen LogP contribution in [0.4, 0.5) is 19.7 Å². The van der Waals surface area contributed by atoms with Crippen LogP contribution in [0.2, 0.25) is 0 Å². The molecular weight excluding hydrogens is 337 g/mol. The predicted molar refractivity (Wildman–Crippen MR) is 94.4 cm³/mol. The number of fused-ring (bicyclic) bond motifs is 3. The summed E-state index contributed by atoms with van der Waals surface area (Å²) >= 11 is 0. The summed E-state index contributed by atoms with van der Waals surface area (Å²) in [5.74, 6) is -0.402. The number of nitrogens with one attached hydrogen (secondary N) is 1. The van der Waals surface area contributed by atoms with E-state index in [0.29, 0.717) is 25.2 Å². The Labute approximate surface area is 152 Å². The number of nitrogens with zero attached hydrogens (tertiary/aromatic N) is 2. The second kappa shape index (κ2) is 7.13. The van der Waals surface area contributed by atoms with E-state index in [2.05, 4.69) is 5.32 Å². The normalized spacial score (nSPS) is 23.6. The van der Waals surface area contributed by atoms with Crippen molar-refractivity contribution in [2.24, 2.45) is 0 Å². The molecule has 2 heterocycles. The first-order chi connectivity index (χ1) is 12.6. The molecule has 0 spiro atoms. The molecule has 3 aliphatic rings. The molecule has 6 nitrogen and oxygen atoms in total. The number of anilines is 1. The Bertz CT molecular complexity index is 705. The molecule has 140 valence electrons. The molecule has 0 radical (unpaired) electrons. The zero-order chi connectivity index (χ0) is 18.1. The lowest BCUT2D eigenvalue weighted by Gasteiger charge is -2.33. The highest BCUT2D eigenvalue weighted by molar-refractivity contribution is 5.91. The second-order valence-electron chi connectivity index (χ2n) is 7.37. The SMILES string of the molecule is O=C(NC1CCCCC1)N1CC[C@H]2COC(=O)N2c2cc(F)ccc2C1. The zero-order valence-corrected chi connectivity index (χ0v) is 14.7. The lowest BCUT2D eigenvalue weighted by atomic mass is 9.96. The van der Waals surface area contributed by atoms with E-state index in [4.69, 9.17) is 4.74 Å². The Morgan fingerprint density at radius 3 is 2.81 bits per heavy atom. The first kappa shape index (κ1) is 17.1. The molecule has 1 aliphatic carbocycles. The summed E-state index contributed by atoms with van der Waals surface area (Å²) in [5, 5.41) is 3.15. The van der Waals surface area contributed by atoms with Crippen molar-refractivity contribution in [3.05, 3.63) is 29.6 Å². The maximum absolute atomic E-state index is 13.8. The van der Waals surface area contributed by atoms with Crippen LogP contribution in [0.1, 0.15) is 44.1 Å². The first-order valence-corrected chi connectivity index (χ1v) is 9.41. The number of halogens is 1. The van der Waals surface area contributed by atoms with Gasteiger partial charge in [0.1, 0.15) is 12.4 Å². The Morgan fingerprint density at radius 2 is 2.00 bits per heavy atom. The van der Waals surface area contributed by atoms with Crippen molar-refractivity contribution in [3.8, 4) is 0 Å². The van der Waals surface area contributed by atoms with Gasteiger partial charge in [0.25, 0.3) is 0 Å². The van der Waals surface area contributed by atoms with Crippen LogP contribution >= 0.6 is 0 Å². The molecular formula is C19H24FN3O3. The van der Waals surface area contributed by atoms with E-state index in [1.54, 1.807) is 11.0 Å². The van der Waals surface area contributed by atoms with E-state index in [-0.39, 0.29) is 24.7 Å². The van der Waals surface area contributed by atoms with Gasteiger partial charge in [-0.2, -0.15) is 0 Å². The number of carbonyl (C=O) groups excluding carboxylic acids is 2. The summed E-state index contributed by atoms with van der Waals surface area (Å²) in [6.07, 6.45) is 5.77. The van der Waals surface area contributed by atoms with Crippen molar-refractivity contribution < 1.29 is 18.7 Å². The monoisotopic (exact) mass is 361 g/mol. The summed E-state index contributed by atoms with van der Waals surface area (Å²) in [5.41, 5.74) is 1.27. The molecule has 3 amide bonds. The van der Waals surface area contributed by atoms with E-state index in [1.807, 2.05) is 0 Å². The van der Waals surface area contributed by atoms with E-state index in [9.17, 15) is 14.0 Å². The van der Waals surface area contributed by atoms with Gasteiger partial charge in [0.2, 0.25) is 0 Å². The fourth-order valence-corrected chi connectivity index (χ4v) is 4.14. The van der Waals surface area contributed by atoms with E-state index in [1.165, 1.54) is 23.5 Å². The van der Waals surface area contributed by atoms with Gasteiger partial charge in [0.15, 0.2) is 0 Å². The largest absolute Gasteiger partial charge is 0.447 e. The van der Waals surface area contributed by atoms with E-state index in [0.717, 1.165) is 31.2 Å². The maximum Gasteiger partial charge on any atom is 0.414 e. The minimum Gasteiger partial charge on any atom is -0.447 e. The molecule has 1 aromatic rings. The number of rotatable bonds is 1. The lowest BCUT2D eigenvalue weighted by molar-refractivity contribution is 0.175. The first-order valence-electron chi connectivity index (χ1n) is 9.41. The number of hydrogen-bond donors (Lipinski definition) is 1. The standard InChI is InChI=1S/C19H24FN3O3/c20-14-7-6-13-11-22(18(24)21-15-4-2-1-3-5-15)9-8-16-12-26-19(25)23(16)17(13)10-14/h6-7,10,15-16H,1-5,8-9,11-12H2,(H,21,24)/t16-/m0/s1. The van der Waals surface area contributed by atoms with Crippen LogP contribution in [0.15, 0.2) is 18.2 Å². The summed E-state index contributed by atoms with van der Waals surface area (Å²) in [4.78, 5) is 28.2. The number of hydrogen-bond acceptors (Lipinski definition) is 3. The fourth-order valence-electron chi connectivity index (χ4n) is 4.14. The molecule has 4 rings (SSSR count). The predicted octanol–water partition coefficient (Wildman–Crippen LogP) is 3.40. The molecule has 7 heteroatoms. The number of cyclic esters (lactones) is 1. The summed E-state index contributed by atoms with van der Waals surface area (Å²) < 4.78 is 19.0. The highest BCUT2D eigenvalue weighted by atomic mass is 19.1. The quantitative estimate of drug-likeness (QED) is 0.834. The minimum atomic E-state index is -0.443. The van der Waals surface area contributed by atoms with Gasteiger partial charge in [-0.3, -0.25) is 4.90 Å². The van der Waals surface area contributed by atoms with Crippen LogP contribution < -0.4 is 10.2 Å². The van der Waals surface area contributed by atoms with E-state index < -0.39 is 11.9 Å². The van der Waals surface area contributed by atoms with Gasteiger partial charge in [-0.1, -0.05) is 25.3 Å². The molecule has 1 saturated carbocycles. The molecule has 0 unspecified atom stereocenters. The second-order valence-corrected chi connectivity index (χ2v) is 7.37. The Hall–Kier alpha value is -2.31. The van der Waals surface area contributed by atoms with Crippen LogP contribution in [-0.2, 0) is 11.3 Å². The molecule has 2 aliphatic heterocycles. The van der Waals surface area contributed by atoms with Crippen molar-refractivity contribution in [1.82, 2.24) is 10.2 Å². The number of benzene rings is 1. The van der Waals surface area contributed by atoms with Crippen LogP contribution in [0.5, 0.6) is 0 Å². The van der Waals surface area contributed by atoms with Gasteiger partial charge in [-0.05, 0) is 37.0 Å². The average molecular weight is 361 g/mol. The van der Waals surface area contributed by atoms with Crippen molar-refractivity contribution in [2.75, 3.05) is 18.1 Å². The van der Waals surface area contributed by atoms with Crippen molar-refractivity contribution >= 4 is 17.8 Å². The Kier molecular flexibility index (Phi) is 4.70. The Morgan fingerprint density at radius 1 is 1.19 bits per heavy atom. The molecule has 1 aromatic carbocycles. The minimum absolute atomic E-state index is 0.0779. The Balaban J connectivity index is 1.56. The van der Waals surface area contributed by atoms with Crippen molar-refractivity contribution in [3.63, 3.8) is 0 Å². The third kappa shape index (κ3) is 3.34. The maximum atomic E-state index is 13.8. The van der Waals surface area contributed by atoms with Crippen molar-refractivity contribution in [2.45, 2.75) is 57.2 Å². The third-order valence-corrected chi connectivity index (χ3v) is 5.58. The van der Waals surface area contributed by atoms with Gasteiger partial charge in [-0.25, -0.2) is 14.0 Å². The van der Waals surface area contributed by atoms with Crippen LogP contribution in [0, 0.1) is 5.82 Å².